The molecule has 1 N–H and O–H groups in total. The molecule has 0 saturated heterocycles. The fraction of sp³-hybridized carbons (Fsp3) is 0.350. The van der Waals surface area contributed by atoms with Crippen LogP contribution < -0.4 is 5.32 Å². The molecular weight excluding hydrogens is 364 g/mol. The third-order valence-corrected chi connectivity index (χ3v) is 5.12. The average molecular weight is 385 g/mol. The van der Waals surface area contributed by atoms with Crippen molar-refractivity contribution in [2.75, 3.05) is 11.9 Å². The molecule has 4 rings (SSSR count). The zero-order valence-corrected chi connectivity index (χ0v) is 15.9. The maximum Gasteiger partial charge on any atom is 0.325 e. The van der Waals surface area contributed by atoms with Gasteiger partial charge in [0, 0.05) is 22.6 Å². The molecule has 0 aliphatic heterocycles. The lowest BCUT2D eigenvalue weighted by atomic mass is 9.91. The van der Waals surface area contributed by atoms with Crippen molar-refractivity contribution in [2.24, 2.45) is 0 Å². The smallest absolute Gasteiger partial charge is 0.325 e. The Kier molecular flexibility index (Phi) is 4.99. The van der Waals surface area contributed by atoms with Crippen LogP contribution in [0.3, 0.4) is 0 Å². The Bertz CT molecular complexity index is 968. The number of aromatic nitrogens is 3. The molecule has 3 aromatic rings. The summed E-state index contributed by atoms with van der Waals surface area (Å²) in [7, 11) is 0. The largest absolute Gasteiger partial charge is 0.465 e. The zero-order valence-electron chi connectivity index (χ0n) is 15.1. The topological polar surface area (TPSA) is 69.0 Å². The number of anilines is 1. The van der Waals surface area contributed by atoms with Gasteiger partial charge in [-0.05, 0) is 37.8 Å². The van der Waals surface area contributed by atoms with E-state index in [1.165, 1.54) is 16.6 Å². The molecule has 0 saturated carbocycles. The van der Waals surface area contributed by atoms with E-state index in [0.717, 1.165) is 24.8 Å². The number of fused-ring (bicyclic) bond motifs is 3. The van der Waals surface area contributed by atoms with Crippen molar-refractivity contribution < 1.29 is 9.53 Å². The number of rotatable bonds is 5. The van der Waals surface area contributed by atoms with E-state index in [9.17, 15) is 4.79 Å². The van der Waals surface area contributed by atoms with Crippen LogP contribution in [0.1, 0.15) is 24.6 Å². The molecule has 1 atom stereocenters. The summed E-state index contributed by atoms with van der Waals surface area (Å²) in [4.78, 5) is 20.6. The molecule has 2 heterocycles. The Labute approximate surface area is 162 Å². The fourth-order valence-corrected chi connectivity index (χ4v) is 3.91. The first-order valence-corrected chi connectivity index (χ1v) is 9.52. The van der Waals surface area contributed by atoms with Crippen molar-refractivity contribution in [3.63, 3.8) is 0 Å². The molecule has 0 bridgehead atoms. The van der Waals surface area contributed by atoms with Gasteiger partial charge in [0.1, 0.15) is 6.54 Å². The van der Waals surface area contributed by atoms with Gasteiger partial charge in [0.15, 0.2) is 0 Å². The molecule has 140 valence electrons. The third kappa shape index (κ3) is 3.62. The lowest BCUT2D eigenvalue weighted by molar-refractivity contribution is -0.143. The lowest BCUT2D eigenvalue weighted by Crippen LogP contribution is -2.29. The van der Waals surface area contributed by atoms with Crippen LogP contribution in [0.25, 0.3) is 10.9 Å². The Morgan fingerprint density at radius 3 is 2.89 bits per heavy atom. The van der Waals surface area contributed by atoms with Crippen LogP contribution in [0.15, 0.2) is 36.7 Å². The van der Waals surface area contributed by atoms with E-state index < -0.39 is 0 Å². The first-order valence-electron chi connectivity index (χ1n) is 9.14. The number of hydrogen-bond acceptors (Lipinski definition) is 5. The molecule has 0 fully saturated rings. The summed E-state index contributed by atoms with van der Waals surface area (Å²) in [6.07, 6.45) is 5.87. The van der Waals surface area contributed by atoms with Gasteiger partial charge in [-0.25, -0.2) is 9.97 Å². The molecule has 6 nitrogen and oxygen atoms in total. The van der Waals surface area contributed by atoms with Crippen LogP contribution in [0.4, 0.5) is 5.95 Å². The number of esters is 1. The highest BCUT2D eigenvalue weighted by Crippen LogP contribution is 2.33. The molecular formula is C20H21ClN4O2. The summed E-state index contributed by atoms with van der Waals surface area (Å²) in [5.74, 6) is 0.388. The minimum absolute atomic E-state index is 0.198. The summed E-state index contributed by atoms with van der Waals surface area (Å²) < 4.78 is 7.27. The third-order valence-electron chi connectivity index (χ3n) is 4.92. The lowest BCUT2D eigenvalue weighted by Gasteiger charge is -2.25. The number of hydrogen-bond donors (Lipinski definition) is 1. The second-order valence-corrected chi connectivity index (χ2v) is 7.08. The van der Waals surface area contributed by atoms with Gasteiger partial charge in [0.2, 0.25) is 5.95 Å². The van der Waals surface area contributed by atoms with Crippen molar-refractivity contribution in [1.29, 1.82) is 0 Å². The van der Waals surface area contributed by atoms with E-state index in [4.69, 9.17) is 16.3 Å². The molecule has 7 heteroatoms. The van der Waals surface area contributed by atoms with Crippen LogP contribution in [0, 0.1) is 0 Å². The molecule has 1 aromatic carbocycles. The highest BCUT2D eigenvalue weighted by Gasteiger charge is 2.26. The summed E-state index contributed by atoms with van der Waals surface area (Å²) in [6.45, 7) is 2.48. The molecule has 0 radical (unpaired) electrons. The first kappa shape index (κ1) is 17.8. The molecule has 1 aliphatic rings. The monoisotopic (exact) mass is 384 g/mol. The number of nitrogens with one attached hydrogen (secondary N) is 1. The summed E-state index contributed by atoms with van der Waals surface area (Å²) in [5, 5.41) is 5.12. The zero-order chi connectivity index (χ0) is 18.8. The number of halogens is 1. The van der Waals surface area contributed by atoms with Gasteiger partial charge >= 0.3 is 5.97 Å². The minimum atomic E-state index is -0.198. The van der Waals surface area contributed by atoms with Crippen molar-refractivity contribution in [3.8, 4) is 0 Å². The van der Waals surface area contributed by atoms with Crippen LogP contribution >= 0.6 is 11.6 Å². The quantitative estimate of drug-likeness (QED) is 0.680. The maximum absolute atomic E-state index is 12.1. The van der Waals surface area contributed by atoms with Crippen LogP contribution in [0.5, 0.6) is 0 Å². The second-order valence-electron chi connectivity index (χ2n) is 6.64. The van der Waals surface area contributed by atoms with Crippen LogP contribution in [-0.4, -0.2) is 33.2 Å². The minimum Gasteiger partial charge on any atom is -0.465 e. The molecule has 1 unspecified atom stereocenters. The standard InChI is InChI=1S/C20H21ClN4O2/c1-2-27-19(26)12-25-17-6-4-3-5-15(17)16-9-14(7-8-18(16)25)24-20-22-10-13(21)11-23-20/h3-6,10-11,14H,2,7-9,12H2,1H3,(H,22,23,24). The number of nitrogens with zero attached hydrogens (tertiary/aromatic N) is 3. The molecule has 1 aliphatic carbocycles. The van der Waals surface area contributed by atoms with Crippen LogP contribution in [0.2, 0.25) is 5.02 Å². The van der Waals surface area contributed by atoms with Crippen molar-refractivity contribution >= 4 is 34.4 Å². The first-order chi connectivity index (χ1) is 13.2. The van der Waals surface area contributed by atoms with Crippen molar-refractivity contribution in [3.05, 3.63) is 52.9 Å². The van der Waals surface area contributed by atoms with Gasteiger partial charge in [-0.3, -0.25) is 4.79 Å². The SMILES string of the molecule is CCOC(=O)Cn1c2c(c3ccccc31)CC(Nc1ncc(Cl)cn1)CC2. The number of para-hydroxylation sites is 1. The Balaban J connectivity index is 1.63. The Morgan fingerprint density at radius 2 is 2.11 bits per heavy atom. The molecule has 2 aromatic heterocycles. The van der Waals surface area contributed by atoms with Gasteiger partial charge in [-0.1, -0.05) is 29.8 Å². The molecule has 0 spiro atoms. The number of carbonyl (C=O) groups is 1. The maximum atomic E-state index is 12.1. The van der Waals surface area contributed by atoms with Gasteiger partial charge in [0.25, 0.3) is 0 Å². The van der Waals surface area contributed by atoms with E-state index >= 15 is 0 Å². The van der Waals surface area contributed by atoms with Crippen molar-refractivity contribution in [2.45, 2.75) is 38.8 Å². The van der Waals surface area contributed by atoms with Gasteiger partial charge in [-0.2, -0.15) is 0 Å². The average Bonchev–Trinajstić information content (AvgIpc) is 2.97. The summed E-state index contributed by atoms with van der Waals surface area (Å²) in [6, 6.07) is 8.47. The number of benzene rings is 1. The number of ether oxygens (including phenoxy) is 1. The van der Waals surface area contributed by atoms with E-state index in [0.29, 0.717) is 17.6 Å². The summed E-state index contributed by atoms with van der Waals surface area (Å²) in [5.41, 5.74) is 3.59. The van der Waals surface area contributed by atoms with Crippen LogP contribution in [-0.2, 0) is 28.9 Å². The predicted octanol–water partition coefficient (Wildman–Crippen LogP) is 3.62. The highest BCUT2D eigenvalue weighted by atomic mass is 35.5. The number of carbonyl (C=O) groups excluding carboxylic acids is 1. The Morgan fingerprint density at radius 1 is 1.33 bits per heavy atom. The second kappa shape index (κ2) is 7.56. The highest BCUT2D eigenvalue weighted by molar-refractivity contribution is 6.30. The van der Waals surface area contributed by atoms with E-state index in [-0.39, 0.29) is 18.6 Å². The van der Waals surface area contributed by atoms with Gasteiger partial charge in [0.05, 0.1) is 24.0 Å². The van der Waals surface area contributed by atoms with E-state index in [1.54, 1.807) is 12.4 Å². The van der Waals surface area contributed by atoms with Crippen molar-refractivity contribution in [1.82, 2.24) is 14.5 Å². The van der Waals surface area contributed by atoms with Gasteiger partial charge in [-0.15, -0.1) is 0 Å². The predicted molar refractivity (Wildman–Crippen MR) is 105 cm³/mol. The van der Waals surface area contributed by atoms with E-state index in [2.05, 4.69) is 32.0 Å². The normalized spacial score (nSPS) is 16.1. The summed E-state index contributed by atoms with van der Waals surface area (Å²) >= 11 is 5.86. The fourth-order valence-electron chi connectivity index (χ4n) is 3.81. The molecule has 0 amide bonds. The van der Waals surface area contributed by atoms with E-state index in [1.807, 2.05) is 19.1 Å². The Hall–Kier alpha value is -2.60. The molecule has 27 heavy (non-hydrogen) atoms. The van der Waals surface area contributed by atoms with Gasteiger partial charge < -0.3 is 14.6 Å².